The summed E-state index contributed by atoms with van der Waals surface area (Å²) in [5.74, 6) is 0.172. The molecule has 0 bridgehead atoms. The number of rotatable bonds is 3. The SMILES string of the molecule is CC(=O)c1sc2c(c1C)C(N1CCCCC1)N(c1ccc(Cl)c(Cl)c1)CC2. The van der Waals surface area contributed by atoms with E-state index < -0.39 is 0 Å². The number of carbonyl (C=O) groups excluding carboxylic acids is 1. The smallest absolute Gasteiger partial charge is 0.170 e. The van der Waals surface area contributed by atoms with Crippen molar-refractivity contribution in [2.24, 2.45) is 0 Å². The number of hydrogen-bond donors (Lipinski definition) is 0. The molecule has 0 saturated carbocycles. The first-order valence-corrected chi connectivity index (χ1v) is 11.1. The lowest BCUT2D eigenvalue weighted by molar-refractivity contribution is 0.102. The molecule has 0 aliphatic carbocycles. The molecule has 2 aromatic rings. The third-order valence-electron chi connectivity index (χ3n) is 5.69. The summed E-state index contributed by atoms with van der Waals surface area (Å²) in [6.45, 7) is 6.89. The van der Waals surface area contributed by atoms with Gasteiger partial charge in [0.1, 0.15) is 6.17 Å². The van der Waals surface area contributed by atoms with Gasteiger partial charge in [-0.15, -0.1) is 11.3 Å². The topological polar surface area (TPSA) is 23.6 Å². The van der Waals surface area contributed by atoms with Crippen LogP contribution in [0.3, 0.4) is 0 Å². The molecule has 2 aliphatic heterocycles. The molecule has 3 nitrogen and oxygen atoms in total. The number of hydrogen-bond acceptors (Lipinski definition) is 4. The second-order valence-corrected chi connectivity index (χ2v) is 9.38. The van der Waals surface area contributed by atoms with Crippen molar-refractivity contribution >= 4 is 46.0 Å². The highest BCUT2D eigenvalue weighted by Crippen LogP contribution is 2.44. The molecule has 1 aromatic carbocycles. The molecule has 1 unspecified atom stereocenters. The molecule has 27 heavy (non-hydrogen) atoms. The van der Waals surface area contributed by atoms with Crippen LogP contribution in [0, 0.1) is 6.92 Å². The number of halogens is 2. The average molecular weight is 423 g/mol. The van der Waals surface area contributed by atoms with Crippen molar-refractivity contribution in [2.45, 2.75) is 45.7 Å². The van der Waals surface area contributed by atoms with Gasteiger partial charge in [0.05, 0.1) is 14.9 Å². The van der Waals surface area contributed by atoms with Crippen molar-refractivity contribution in [2.75, 3.05) is 24.5 Å². The molecule has 1 atom stereocenters. The van der Waals surface area contributed by atoms with Crippen LogP contribution >= 0.6 is 34.5 Å². The van der Waals surface area contributed by atoms with Crippen molar-refractivity contribution in [1.82, 2.24) is 4.90 Å². The Balaban J connectivity index is 1.82. The number of benzene rings is 1. The summed E-state index contributed by atoms with van der Waals surface area (Å²) in [4.78, 5) is 19.5. The van der Waals surface area contributed by atoms with Crippen molar-refractivity contribution in [1.29, 1.82) is 0 Å². The average Bonchev–Trinajstić information content (AvgIpc) is 3.01. The van der Waals surface area contributed by atoms with E-state index in [2.05, 4.69) is 22.8 Å². The Morgan fingerprint density at radius 1 is 1.11 bits per heavy atom. The number of carbonyl (C=O) groups is 1. The van der Waals surface area contributed by atoms with Gasteiger partial charge < -0.3 is 4.90 Å². The van der Waals surface area contributed by atoms with Gasteiger partial charge in [-0.05, 0) is 56.9 Å². The van der Waals surface area contributed by atoms with E-state index in [0.29, 0.717) is 10.0 Å². The first-order valence-electron chi connectivity index (χ1n) is 9.56. The summed E-state index contributed by atoms with van der Waals surface area (Å²) in [5.41, 5.74) is 3.59. The van der Waals surface area contributed by atoms with E-state index in [1.165, 1.54) is 29.7 Å². The molecule has 2 aliphatic rings. The molecule has 0 radical (unpaired) electrons. The summed E-state index contributed by atoms with van der Waals surface area (Å²) in [7, 11) is 0. The summed E-state index contributed by atoms with van der Waals surface area (Å²) >= 11 is 14.2. The Morgan fingerprint density at radius 3 is 2.52 bits per heavy atom. The Morgan fingerprint density at radius 2 is 1.85 bits per heavy atom. The standard InChI is InChI=1S/C21H24Cl2N2OS/c1-13-19-18(27-20(13)14(2)26)8-11-25(15-6-7-16(22)17(23)12-15)21(19)24-9-4-3-5-10-24/h6-7,12,21H,3-5,8-11H2,1-2H3. The van der Waals surface area contributed by atoms with Crippen molar-refractivity contribution in [3.05, 3.63) is 49.1 Å². The fourth-order valence-corrected chi connectivity index (χ4v) is 5.93. The summed E-state index contributed by atoms with van der Waals surface area (Å²) in [6, 6.07) is 5.91. The second-order valence-electron chi connectivity index (χ2n) is 7.46. The van der Waals surface area contributed by atoms with Gasteiger partial charge in [0.15, 0.2) is 5.78 Å². The number of piperidine rings is 1. The van der Waals surface area contributed by atoms with Crippen molar-refractivity contribution < 1.29 is 4.79 Å². The van der Waals surface area contributed by atoms with E-state index in [1.807, 2.05) is 12.1 Å². The number of likely N-dealkylation sites (tertiary alicyclic amines) is 1. The molecule has 144 valence electrons. The summed E-state index contributed by atoms with van der Waals surface area (Å²) in [6.07, 6.45) is 4.87. The normalized spacial score (nSPS) is 20.6. The third kappa shape index (κ3) is 3.53. The molecular formula is C21H24Cl2N2OS. The van der Waals surface area contributed by atoms with Crippen LogP contribution in [0.5, 0.6) is 0 Å². The number of anilines is 1. The van der Waals surface area contributed by atoms with Gasteiger partial charge in [0.2, 0.25) is 0 Å². The highest BCUT2D eigenvalue weighted by molar-refractivity contribution is 7.14. The highest BCUT2D eigenvalue weighted by atomic mass is 35.5. The Bertz CT molecular complexity index is 873. The molecule has 1 fully saturated rings. The number of Topliss-reactive ketones (excluding diaryl/α,β-unsaturated/α-hetero) is 1. The number of ketones is 1. The van der Waals surface area contributed by atoms with E-state index >= 15 is 0 Å². The molecular weight excluding hydrogens is 399 g/mol. The first-order chi connectivity index (χ1) is 13.0. The quantitative estimate of drug-likeness (QED) is 0.557. The van der Waals surface area contributed by atoms with Crippen LogP contribution in [0.2, 0.25) is 10.0 Å². The number of fused-ring (bicyclic) bond motifs is 1. The number of nitrogens with zero attached hydrogens (tertiary/aromatic N) is 2. The second kappa shape index (κ2) is 7.75. The van der Waals surface area contributed by atoms with Gasteiger partial charge >= 0.3 is 0 Å². The largest absolute Gasteiger partial charge is 0.351 e. The van der Waals surface area contributed by atoms with E-state index in [-0.39, 0.29) is 11.9 Å². The zero-order valence-electron chi connectivity index (χ0n) is 15.7. The molecule has 0 spiro atoms. The summed E-state index contributed by atoms with van der Waals surface area (Å²) < 4.78 is 0. The molecule has 1 saturated heterocycles. The predicted octanol–water partition coefficient (Wildman–Crippen LogP) is 6.11. The Labute approximate surface area is 174 Å². The minimum absolute atomic E-state index is 0.163. The van der Waals surface area contributed by atoms with Crippen LogP contribution in [0.25, 0.3) is 0 Å². The van der Waals surface area contributed by atoms with Crippen LogP contribution in [0.4, 0.5) is 5.69 Å². The lowest BCUT2D eigenvalue weighted by Gasteiger charge is -2.45. The minimum Gasteiger partial charge on any atom is -0.351 e. The zero-order chi connectivity index (χ0) is 19.1. The highest BCUT2D eigenvalue weighted by Gasteiger charge is 2.37. The summed E-state index contributed by atoms with van der Waals surface area (Å²) in [5, 5.41) is 1.17. The van der Waals surface area contributed by atoms with Crippen LogP contribution in [0.1, 0.15) is 58.0 Å². The van der Waals surface area contributed by atoms with Crippen LogP contribution < -0.4 is 4.90 Å². The van der Waals surface area contributed by atoms with Gasteiger partial charge in [0, 0.05) is 35.8 Å². The third-order valence-corrected chi connectivity index (χ3v) is 7.90. The lowest BCUT2D eigenvalue weighted by Crippen LogP contribution is -2.47. The van der Waals surface area contributed by atoms with Crippen molar-refractivity contribution in [3.8, 4) is 0 Å². The van der Waals surface area contributed by atoms with E-state index in [1.54, 1.807) is 18.3 Å². The number of thiophene rings is 1. The van der Waals surface area contributed by atoms with Crippen LogP contribution in [-0.2, 0) is 6.42 Å². The maximum atomic E-state index is 12.2. The molecule has 0 N–H and O–H groups in total. The molecule has 1 aromatic heterocycles. The monoisotopic (exact) mass is 422 g/mol. The van der Waals surface area contributed by atoms with Crippen molar-refractivity contribution in [3.63, 3.8) is 0 Å². The Hall–Kier alpha value is -1.07. The van der Waals surface area contributed by atoms with E-state index in [0.717, 1.165) is 42.2 Å². The predicted molar refractivity (Wildman–Crippen MR) is 115 cm³/mol. The van der Waals surface area contributed by atoms with E-state index in [9.17, 15) is 4.79 Å². The fourth-order valence-electron chi connectivity index (χ4n) is 4.42. The van der Waals surface area contributed by atoms with Gasteiger partial charge in [-0.25, -0.2) is 0 Å². The van der Waals surface area contributed by atoms with Gasteiger partial charge in [-0.1, -0.05) is 29.6 Å². The van der Waals surface area contributed by atoms with E-state index in [4.69, 9.17) is 23.2 Å². The molecule has 6 heteroatoms. The van der Waals surface area contributed by atoms with Gasteiger partial charge in [0.25, 0.3) is 0 Å². The zero-order valence-corrected chi connectivity index (χ0v) is 18.1. The van der Waals surface area contributed by atoms with Gasteiger partial charge in [-0.2, -0.15) is 0 Å². The maximum absolute atomic E-state index is 12.2. The van der Waals surface area contributed by atoms with Crippen LogP contribution in [0.15, 0.2) is 18.2 Å². The Kier molecular flexibility index (Phi) is 5.52. The maximum Gasteiger partial charge on any atom is 0.170 e. The van der Waals surface area contributed by atoms with Crippen LogP contribution in [-0.4, -0.2) is 30.3 Å². The molecule has 3 heterocycles. The minimum atomic E-state index is 0.163. The van der Waals surface area contributed by atoms with Gasteiger partial charge in [-0.3, -0.25) is 9.69 Å². The molecule has 4 rings (SSSR count). The fraction of sp³-hybridized carbons (Fsp3) is 0.476. The first kappa shape index (κ1) is 19.3. The lowest BCUT2D eigenvalue weighted by atomic mass is 9.96. The molecule has 0 amide bonds.